The van der Waals surface area contributed by atoms with E-state index in [1.165, 1.54) is 4.31 Å². The van der Waals surface area contributed by atoms with Crippen LogP contribution in [0.1, 0.15) is 23.9 Å². The number of nitrogen functional groups attached to an aromatic ring is 1. The molecule has 0 amide bonds. The highest BCUT2D eigenvalue weighted by atomic mass is 32.2. The summed E-state index contributed by atoms with van der Waals surface area (Å²) in [6, 6.07) is 5.13. The lowest BCUT2D eigenvalue weighted by Crippen LogP contribution is -2.36. The summed E-state index contributed by atoms with van der Waals surface area (Å²) in [5, 5.41) is 3.75. The Kier molecular flexibility index (Phi) is 2.98. The van der Waals surface area contributed by atoms with Gasteiger partial charge in [-0.05, 0) is 51.0 Å². The number of sulfonamides is 1. The van der Waals surface area contributed by atoms with Gasteiger partial charge in [-0.2, -0.15) is 0 Å². The van der Waals surface area contributed by atoms with Crippen molar-refractivity contribution in [1.82, 2.24) is 5.16 Å². The molecule has 1 aliphatic rings. The van der Waals surface area contributed by atoms with Crippen LogP contribution in [0.5, 0.6) is 0 Å². The monoisotopic (exact) mass is 307 g/mol. The minimum absolute atomic E-state index is 0.152. The van der Waals surface area contributed by atoms with E-state index in [2.05, 4.69) is 5.16 Å². The molecule has 3 rings (SSSR count). The van der Waals surface area contributed by atoms with Gasteiger partial charge in [0.15, 0.2) is 10.7 Å². The summed E-state index contributed by atoms with van der Waals surface area (Å²) in [5.74, 6) is 0.309. The normalized spacial score (nSPS) is 18.0. The second-order valence-corrected chi connectivity index (χ2v) is 7.15. The van der Waals surface area contributed by atoms with Crippen LogP contribution in [-0.2, 0) is 16.4 Å². The summed E-state index contributed by atoms with van der Waals surface area (Å²) >= 11 is 0. The Balaban J connectivity index is 2.17. The lowest BCUT2D eigenvalue weighted by Gasteiger charge is -2.24. The van der Waals surface area contributed by atoms with Crippen LogP contribution in [0.15, 0.2) is 27.6 Å². The molecule has 21 heavy (non-hydrogen) atoms. The fraction of sp³-hybridized carbons (Fsp3) is 0.357. The lowest BCUT2D eigenvalue weighted by molar-refractivity contribution is 0.390. The largest absolute Gasteiger partial charge is 0.399 e. The van der Waals surface area contributed by atoms with Gasteiger partial charge in [0.25, 0.3) is 10.0 Å². The van der Waals surface area contributed by atoms with Crippen molar-refractivity contribution in [3.05, 3.63) is 35.2 Å². The summed E-state index contributed by atoms with van der Waals surface area (Å²) in [4.78, 5) is 0.152. The van der Waals surface area contributed by atoms with Crippen molar-refractivity contribution in [2.24, 2.45) is 0 Å². The molecule has 6 nitrogen and oxygen atoms in total. The number of rotatable bonds is 2. The minimum atomic E-state index is -3.70. The van der Waals surface area contributed by atoms with E-state index < -0.39 is 10.0 Å². The highest BCUT2D eigenvalue weighted by Gasteiger charge is 2.39. The summed E-state index contributed by atoms with van der Waals surface area (Å²) in [7, 11) is -3.70. The van der Waals surface area contributed by atoms with E-state index in [9.17, 15) is 8.42 Å². The quantitative estimate of drug-likeness (QED) is 0.857. The Morgan fingerprint density at radius 3 is 2.71 bits per heavy atom. The Hall–Kier alpha value is -2.02. The summed E-state index contributed by atoms with van der Waals surface area (Å²) in [5.41, 5.74) is 8.42. The van der Waals surface area contributed by atoms with E-state index in [1.807, 2.05) is 13.0 Å². The fourth-order valence-electron chi connectivity index (χ4n) is 2.93. The van der Waals surface area contributed by atoms with Crippen molar-refractivity contribution in [3.63, 3.8) is 0 Å². The molecule has 1 aliphatic heterocycles. The molecule has 1 unspecified atom stereocenters. The van der Waals surface area contributed by atoms with Crippen molar-refractivity contribution in [2.45, 2.75) is 38.1 Å². The molecule has 1 atom stereocenters. The molecule has 2 aromatic rings. The Morgan fingerprint density at radius 1 is 1.38 bits per heavy atom. The van der Waals surface area contributed by atoms with E-state index in [1.54, 1.807) is 26.0 Å². The molecule has 1 aromatic carbocycles. The number of hydrogen-bond acceptors (Lipinski definition) is 5. The van der Waals surface area contributed by atoms with Crippen LogP contribution in [0.25, 0.3) is 0 Å². The Morgan fingerprint density at radius 2 is 2.10 bits per heavy atom. The number of aryl methyl sites for hydroxylation is 2. The number of nitrogens with zero attached hydrogens (tertiary/aromatic N) is 2. The van der Waals surface area contributed by atoms with Crippen molar-refractivity contribution < 1.29 is 12.9 Å². The van der Waals surface area contributed by atoms with Gasteiger partial charge in [0.1, 0.15) is 5.69 Å². The van der Waals surface area contributed by atoms with E-state index in [0.29, 0.717) is 29.2 Å². The molecule has 0 aliphatic carbocycles. The molecular weight excluding hydrogens is 290 g/mol. The van der Waals surface area contributed by atoms with Gasteiger partial charge in [-0.3, -0.25) is 4.31 Å². The van der Waals surface area contributed by atoms with E-state index in [4.69, 9.17) is 10.3 Å². The molecule has 112 valence electrons. The molecule has 2 N–H and O–H groups in total. The summed E-state index contributed by atoms with van der Waals surface area (Å²) in [6.45, 7) is 5.12. The zero-order valence-electron chi connectivity index (χ0n) is 12.1. The number of benzene rings is 1. The van der Waals surface area contributed by atoms with Crippen LogP contribution < -0.4 is 10.0 Å². The SMILES string of the molecule is Cc1noc(C)c1S(=O)(=O)N1c2ccc(N)cc2CC1C. The Bertz CT molecular complexity index is 791. The number of hydrogen-bond donors (Lipinski definition) is 1. The molecule has 0 saturated heterocycles. The fourth-order valence-corrected chi connectivity index (χ4v) is 4.92. The van der Waals surface area contributed by atoms with Gasteiger partial charge < -0.3 is 10.3 Å². The molecule has 0 bridgehead atoms. The van der Waals surface area contributed by atoms with E-state index >= 15 is 0 Å². The predicted molar refractivity (Wildman–Crippen MR) is 79.7 cm³/mol. The zero-order valence-corrected chi connectivity index (χ0v) is 12.9. The molecule has 0 radical (unpaired) electrons. The maximum atomic E-state index is 13.0. The van der Waals surface area contributed by atoms with E-state index in [0.717, 1.165) is 5.56 Å². The first-order chi connectivity index (χ1) is 9.82. The Labute approximate surface area is 123 Å². The number of aromatic nitrogens is 1. The maximum Gasteiger partial charge on any atom is 0.269 e. The van der Waals surface area contributed by atoms with Crippen molar-refractivity contribution in [1.29, 1.82) is 0 Å². The third-order valence-electron chi connectivity index (χ3n) is 3.74. The average molecular weight is 307 g/mol. The molecular formula is C14H17N3O3S. The summed E-state index contributed by atoms with van der Waals surface area (Å²) in [6.07, 6.45) is 0.642. The topological polar surface area (TPSA) is 89.4 Å². The molecule has 2 heterocycles. The van der Waals surface area contributed by atoms with Crippen LogP contribution in [0.4, 0.5) is 11.4 Å². The van der Waals surface area contributed by atoms with Crippen LogP contribution in [0, 0.1) is 13.8 Å². The first-order valence-corrected chi connectivity index (χ1v) is 8.12. The number of fused-ring (bicyclic) bond motifs is 1. The van der Waals surface area contributed by atoms with Gasteiger partial charge in [0, 0.05) is 11.7 Å². The van der Waals surface area contributed by atoms with Crippen molar-refractivity contribution in [2.75, 3.05) is 10.0 Å². The first kappa shape index (κ1) is 13.9. The van der Waals surface area contributed by atoms with Crippen molar-refractivity contribution >= 4 is 21.4 Å². The molecule has 0 saturated carbocycles. The highest BCUT2D eigenvalue weighted by molar-refractivity contribution is 7.93. The van der Waals surface area contributed by atoms with Crippen LogP contribution >= 0.6 is 0 Å². The first-order valence-electron chi connectivity index (χ1n) is 6.68. The van der Waals surface area contributed by atoms with Gasteiger partial charge in [0.05, 0.1) is 5.69 Å². The zero-order chi connectivity index (χ0) is 15.4. The predicted octanol–water partition coefficient (Wildman–Crippen LogP) is 2.01. The average Bonchev–Trinajstić information content (AvgIpc) is 2.88. The molecule has 1 aromatic heterocycles. The van der Waals surface area contributed by atoms with Crippen LogP contribution in [-0.4, -0.2) is 19.6 Å². The standard InChI is InChI=1S/C14H17N3O3S/c1-8-6-11-7-12(15)4-5-13(11)17(8)21(18,19)14-9(2)16-20-10(14)3/h4-5,7-8H,6,15H2,1-3H3. The third-order valence-corrected chi connectivity index (χ3v) is 5.91. The molecule has 0 spiro atoms. The molecule has 7 heteroatoms. The lowest BCUT2D eigenvalue weighted by atomic mass is 10.1. The van der Waals surface area contributed by atoms with Gasteiger partial charge >= 0.3 is 0 Å². The highest BCUT2D eigenvalue weighted by Crippen LogP contribution is 2.38. The van der Waals surface area contributed by atoms with Gasteiger partial charge in [0.2, 0.25) is 0 Å². The van der Waals surface area contributed by atoms with Gasteiger partial charge in [-0.25, -0.2) is 8.42 Å². The van der Waals surface area contributed by atoms with Gasteiger partial charge in [-0.1, -0.05) is 5.16 Å². The molecule has 0 fully saturated rings. The number of nitrogens with two attached hydrogens (primary N) is 1. The van der Waals surface area contributed by atoms with Crippen LogP contribution in [0.2, 0.25) is 0 Å². The van der Waals surface area contributed by atoms with Gasteiger partial charge in [-0.15, -0.1) is 0 Å². The smallest absolute Gasteiger partial charge is 0.269 e. The summed E-state index contributed by atoms with van der Waals surface area (Å²) < 4.78 is 32.4. The van der Waals surface area contributed by atoms with Crippen LogP contribution in [0.3, 0.4) is 0 Å². The minimum Gasteiger partial charge on any atom is -0.399 e. The maximum absolute atomic E-state index is 13.0. The van der Waals surface area contributed by atoms with E-state index in [-0.39, 0.29) is 10.9 Å². The number of anilines is 2. The third kappa shape index (κ3) is 1.99. The second kappa shape index (κ2) is 4.49. The van der Waals surface area contributed by atoms with Crippen molar-refractivity contribution in [3.8, 4) is 0 Å². The second-order valence-electron chi connectivity index (χ2n) is 5.40.